The zero-order valence-corrected chi connectivity index (χ0v) is 12.4. The third-order valence-corrected chi connectivity index (χ3v) is 3.51. The van der Waals surface area contributed by atoms with Crippen molar-refractivity contribution in [3.8, 4) is 5.75 Å². The molecule has 1 aromatic carbocycles. The second kappa shape index (κ2) is 7.06. The predicted octanol–water partition coefficient (Wildman–Crippen LogP) is 3.29. The molecule has 1 atom stereocenters. The Labute approximate surface area is 121 Å². The highest BCUT2D eigenvalue weighted by atomic mass is 16.5. The molecule has 20 heavy (non-hydrogen) atoms. The van der Waals surface area contributed by atoms with Crippen molar-refractivity contribution in [2.45, 2.75) is 26.3 Å². The summed E-state index contributed by atoms with van der Waals surface area (Å²) < 4.78 is 5.27. The van der Waals surface area contributed by atoms with Crippen molar-refractivity contribution in [1.29, 1.82) is 0 Å². The van der Waals surface area contributed by atoms with Gasteiger partial charge in [-0.2, -0.15) is 0 Å². The summed E-state index contributed by atoms with van der Waals surface area (Å²) in [6.45, 7) is 5.20. The van der Waals surface area contributed by atoms with Gasteiger partial charge in [0.15, 0.2) is 0 Å². The molecule has 1 N–H and O–H groups in total. The third kappa shape index (κ3) is 3.58. The molecule has 1 unspecified atom stereocenters. The lowest BCUT2D eigenvalue weighted by Crippen LogP contribution is -2.23. The molecule has 2 aromatic rings. The van der Waals surface area contributed by atoms with Gasteiger partial charge < -0.3 is 10.1 Å². The molecule has 0 amide bonds. The summed E-state index contributed by atoms with van der Waals surface area (Å²) in [5, 5.41) is 3.53. The average Bonchev–Trinajstić information content (AvgIpc) is 2.49. The van der Waals surface area contributed by atoms with Gasteiger partial charge in [0.25, 0.3) is 0 Å². The first-order chi connectivity index (χ1) is 9.74. The highest BCUT2D eigenvalue weighted by Crippen LogP contribution is 2.22. The smallest absolute Gasteiger partial charge is 0.137 e. The number of nitrogens with zero attached hydrogens (tertiary/aromatic N) is 1. The normalized spacial score (nSPS) is 12.2. The minimum Gasteiger partial charge on any atom is -0.495 e. The minimum atomic E-state index is 0.253. The summed E-state index contributed by atoms with van der Waals surface area (Å²) in [5.74, 6) is 0.801. The Kier molecular flexibility index (Phi) is 5.13. The Bertz CT molecular complexity index is 554. The van der Waals surface area contributed by atoms with Gasteiger partial charge in [0.05, 0.1) is 13.3 Å². The fourth-order valence-electron chi connectivity index (χ4n) is 2.35. The second-order valence-electron chi connectivity index (χ2n) is 4.90. The molecule has 0 fully saturated rings. The van der Waals surface area contributed by atoms with Crippen molar-refractivity contribution in [2.75, 3.05) is 13.7 Å². The quantitative estimate of drug-likeness (QED) is 0.874. The van der Waals surface area contributed by atoms with Crippen molar-refractivity contribution in [3.05, 3.63) is 59.4 Å². The number of hydrogen-bond acceptors (Lipinski definition) is 3. The molecule has 1 heterocycles. The summed E-state index contributed by atoms with van der Waals surface area (Å²) in [7, 11) is 1.67. The highest BCUT2D eigenvalue weighted by Gasteiger charge is 2.13. The van der Waals surface area contributed by atoms with Crippen LogP contribution in [0.25, 0.3) is 0 Å². The van der Waals surface area contributed by atoms with Gasteiger partial charge in [-0.25, -0.2) is 0 Å². The lowest BCUT2D eigenvalue weighted by atomic mass is 9.97. The van der Waals surface area contributed by atoms with Gasteiger partial charge in [-0.15, -0.1) is 0 Å². The molecular weight excluding hydrogens is 248 g/mol. The molecule has 1 aromatic heterocycles. The summed E-state index contributed by atoms with van der Waals surface area (Å²) in [6.07, 6.45) is 4.60. The van der Waals surface area contributed by atoms with Gasteiger partial charge in [0.1, 0.15) is 5.75 Å². The topological polar surface area (TPSA) is 34.2 Å². The van der Waals surface area contributed by atoms with Crippen LogP contribution in [0.3, 0.4) is 0 Å². The van der Waals surface area contributed by atoms with Gasteiger partial charge in [-0.1, -0.05) is 31.2 Å². The first-order valence-corrected chi connectivity index (χ1v) is 7.01. The first-order valence-electron chi connectivity index (χ1n) is 7.01. The number of nitrogens with one attached hydrogen (secondary N) is 1. The number of rotatable bonds is 6. The summed E-state index contributed by atoms with van der Waals surface area (Å²) >= 11 is 0. The molecule has 0 saturated heterocycles. The third-order valence-electron chi connectivity index (χ3n) is 3.51. The Morgan fingerprint density at radius 2 is 2.05 bits per heavy atom. The Morgan fingerprint density at radius 3 is 2.75 bits per heavy atom. The number of hydrogen-bond donors (Lipinski definition) is 1. The summed E-state index contributed by atoms with van der Waals surface area (Å²) in [4.78, 5) is 4.26. The molecule has 106 valence electrons. The van der Waals surface area contributed by atoms with Gasteiger partial charge in [-0.05, 0) is 42.6 Å². The Hall–Kier alpha value is -1.87. The number of likely N-dealkylation sites (N-methyl/N-ethyl adjacent to an activating group) is 1. The number of aromatic nitrogens is 1. The molecular formula is C17H22N2O. The van der Waals surface area contributed by atoms with Crippen LogP contribution in [-0.4, -0.2) is 18.6 Å². The van der Waals surface area contributed by atoms with Crippen LogP contribution >= 0.6 is 0 Å². The van der Waals surface area contributed by atoms with Crippen molar-refractivity contribution in [3.63, 3.8) is 0 Å². The zero-order valence-electron chi connectivity index (χ0n) is 12.4. The van der Waals surface area contributed by atoms with E-state index in [1.165, 1.54) is 11.1 Å². The van der Waals surface area contributed by atoms with Crippen molar-refractivity contribution in [1.82, 2.24) is 10.3 Å². The lowest BCUT2D eigenvalue weighted by molar-refractivity contribution is 0.410. The van der Waals surface area contributed by atoms with E-state index in [9.17, 15) is 0 Å². The van der Waals surface area contributed by atoms with Gasteiger partial charge in [0, 0.05) is 12.2 Å². The number of methoxy groups -OCH3 is 1. The van der Waals surface area contributed by atoms with E-state index in [1.807, 2.05) is 6.20 Å². The summed E-state index contributed by atoms with van der Waals surface area (Å²) in [6, 6.07) is 10.8. The maximum absolute atomic E-state index is 5.27. The van der Waals surface area contributed by atoms with Crippen molar-refractivity contribution >= 4 is 0 Å². The molecule has 3 nitrogen and oxygen atoms in total. The van der Waals surface area contributed by atoms with E-state index >= 15 is 0 Å². The van der Waals surface area contributed by atoms with Crippen LogP contribution in [0, 0.1) is 6.92 Å². The van der Waals surface area contributed by atoms with E-state index in [2.05, 4.69) is 54.5 Å². The number of pyridine rings is 1. The average molecular weight is 270 g/mol. The van der Waals surface area contributed by atoms with E-state index in [1.54, 1.807) is 13.3 Å². The van der Waals surface area contributed by atoms with Gasteiger partial charge in [0.2, 0.25) is 0 Å². The number of benzene rings is 1. The van der Waals surface area contributed by atoms with E-state index < -0.39 is 0 Å². The highest BCUT2D eigenvalue weighted by molar-refractivity contribution is 5.31. The fourth-order valence-corrected chi connectivity index (χ4v) is 2.35. The number of ether oxygens (including phenoxy) is 1. The maximum atomic E-state index is 5.27. The van der Waals surface area contributed by atoms with Gasteiger partial charge >= 0.3 is 0 Å². The lowest BCUT2D eigenvalue weighted by Gasteiger charge is -2.19. The standard InChI is InChI=1S/C17H22N2O/c1-4-19-17(10-14-8-6-5-7-13(14)2)15-9-16(20-3)12-18-11-15/h5-9,11-12,17,19H,4,10H2,1-3H3. The second-order valence-corrected chi connectivity index (χ2v) is 4.90. The van der Waals surface area contributed by atoms with E-state index in [0.717, 1.165) is 24.3 Å². The van der Waals surface area contributed by atoms with Crippen LogP contribution in [-0.2, 0) is 6.42 Å². The molecule has 3 heteroatoms. The number of aryl methyl sites for hydroxylation is 1. The van der Waals surface area contributed by atoms with Crippen LogP contribution in [0.15, 0.2) is 42.7 Å². The van der Waals surface area contributed by atoms with Crippen LogP contribution < -0.4 is 10.1 Å². The molecule has 0 bridgehead atoms. The fraction of sp³-hybridized carbons (Fsp3) is 0.353. The molecule has 0 aliphatic carbocycles. The van der Waals surface area contributed by atoms with Crippen molar-refractivity contribution in [2.24, 2.45) is 0 Å². The molecule has 0 saturated carbocycles. The monoisotopic (exact) mass is 270 g/mol. The summed E-state index contributed by atoms with van der Waals surface area (Å²) in [5.41, 5.74) is 3.85. The SMILES string of the molecule is CCNC(Cc1ccccc1C)c1cncc(OC)c1. The molecule has 0 aliphatic rings. The molecule has 2 rings (SSSR count). The molecule has 0 aliphatic heterocycles. The van der Waals surface area contributed by atoms with E-state index in [4.69, 9.17) is 4.74 Å². The predicted molar refractivity (Wildman–Crippen MR) is 82.1 cm³/mol. The zero-order chi connectivity index (χ0) is 14.4. The largest absolute Gasteiger partial charge is 0.495 e. The Morgan fingerprint density at radius 1 is 1.25 bits per heavy atom. The van der Waals surface area contributed by atoms with Crippen LogP contribution in [0.1, 0.15) is 29.7 Å². The van der Waals surface area contributed by atoms with Crippen LogP contribution in [0.4, 0.5) is 0 Å². The molecule has 0 spiro atoms. The first kappa shape index (κ1) is 14.5. The minimum absolute atomic E-state index is 0.253. The van der Waals surface area contributed by atoms with Crippen LogP contribution in [0.2, 0.25) is 0 Å². The van der Waals surface area contributed by atoms with E-state index in [0.29, 0.717) is 0 Å². The van der Waals surface area contributed by atoms with Gasteiger partial charge in [-0.3, -0.25) is 4.98 Å². The van der Waals surface area contributed by atoms with E-state index in [-0.39, 0.29) is 6.04 Å². The van der Waals surface area contributed by atoms with Crippen molar-refractivity contribution < 1.29 is 4.74 Å². The maximum Gasteiger partial charge on any atom is 0.137 e. The molecule has 0 radical (unpaired) electrons. The Balaban J connectivity index is 2.24. The van der Waals surface area contributed by atoms with Crippen LogP contribution in [0.5, 0.6) is 5.75 Å².